The molecule has 2 aromatic rings. The lowest BCUT2D eigenvalue weighted by Crippen LogP contribution is -2.27. The lowest BCUT2D eigenvalue weighted by Gasteiger charge is -2.19. The number of para-hydroxylation sites is 1. The van der Waals surface area contributed by atoms with E-state index in [1.165, 1.54) is 0 Å². The van der Waals surface area contributed by atoms with Crippen molar-refractivity contribution in [2.24, 2.45) is 0 Å². The number of aryl methyl sites for hydroxylation is 1. The van der Waals surface area contributed by atoms with E-state index >= 15 is 0 Å². The van der Waals surface area contributed by atoms with E-state index in [9.17, 15) is 4.79 Å². The van der Waals surface area contributed by atoms with Crippen LogP contribution in [0.4, 0.5) is 5.69 Å². The molecule has 1 aromatic carbocycles. The molecule has 0 unspecified atom stereocenters. The first-order valence-corrected chi connectivity index (χ1v) is 6.35. The third kappa shape index (κ3) is 2.59. The molecule has 1 heterocycles. The maximum absolute atomic E-state index is 12.3. The first kappa shape index (κ1) is 12.8. The van der Waals surface area contributed by atoms with Gasteiger partial charge in [0.15, 0.2) is 0 Å². The highest BCUT2D eigenvalue weighted by Gasteiger charge is 2.16. The molecular formula is C14H13BrN2O. The number of anilines is 1. The van der Waals surface area contributed by atoms with Crippen LogP contribution >= 0.6 is 15.9 Å². The van der Waals surface area contributed by atoms with Crippen LogP contribution in [-0.2, 0) is 0 Å². The Balaban J connectivity index is 2.32. The van der Waals surface area contributed by atoms with Crippen molar-refractivity contribution in [3.05, 3.63) is 58.3 Å². The fourth-order valence-corrected chi connectivity index (χ4v) is 2.09. The van der Waals surface area contributed by atoms with Crippen molar-refractivity contribution >= 4 is 27.5 Å². The Labute approximate surface area is 115 Å². The molecule has 0 aliphatic rings. The van der Waals surface area contributed by atoms with E-state index < -0.39 is 0 Å². The third-order valence-corrected chi connectivity index (χ3v) is 3.16. The molecule has 0 radical (unpaired) electrons. The zero-order valence-electron chi connectivity index (χ0n) is 10.2. The molecule has 0 bridgehead atoms. The van der Waals surface area contributed by atoms with Gasteiger partial charge in [-0.15, -0.1) is 0 Å². The molecule has 3 nitrogen and oxygen atoms in total. The van der Waals surface area contributed by atoms with Crippen LogP contribution in [0.5, 0.6) is 0 Å². The number of pyridine rings is 1. The largest absolute Gasteiger partial charge is 0.310 e. The smallest absolute Gasteiger partial charge is 0.276 e. The third-order valence-electron chi connectivity index (χ3n) is 2.72. The second-order valence-corrected chi connectivity index (χ2v) is 4.81. The molecule has 4 heteroatoms. The monoisotopic (exact) mass is 304 g/mol. The van der Waals surface area contributed by atoms with Gasteiger partial charge in [-0.25, -0.2) is 4.98 Å². The van der Waals surface area contributed by atoms with Crippen LogP contribution in [0.25, 0.3) is 0 Å². The molecule has 0 spiro atoms. The van der Waals surface area contributed by atoms with E-state index in [2.05, 4.69) is 20.9 Å². The van der Waals surface area contributed by atoms with Gasteiger partial charge in [-0.1, -0.05) is 24.3 Å². The van der Waals surface area contributed by atoms with E-state index in [-0.39, 0.29) is 5.91 Å². The van der Waals surface area contributed by atoms with Crippen molar-refractivity contribution in [3.63, 3.8) is 0 Å². The minimum absolute atomic E-state index is 0.120. The van der Waals surface area contributed by atoms with E-state index in [1.54, 1.807) is 30.1 Å². The fourth-order valence-electron chi connectivity index (χ4n) is 1.75. The molecule has 0 fully saturated rings. The van der Waals surface area contributed by atoms with E-state index in [0.717, 1.165) is 11.3 Å². The first-order chi connectivity index (χ1) is 8.59. The molecule has 0 saturated carbocycles. The minimum Gasteiger partial charge on any atom is -0.310 e. The van der Waals surface area contributed by atoms with Crippen molar-refractivity contribution < 1.29 is 4.79 Å². The van der Waals surface area contributed by atoms with Crippen molar-refractivity contribution in [2.75, 3.05) is 11.9 Å². The number of hydrogen-bond acceptors (Lipinski definition) is 2. The number of carbonyl (C=O) groups is 1. The van der Waals surface area contributed by atoms with Crippen LogP contribution in [0, 0.1) is 6.92 Å². The van der Waals surface area contributed by atoms with Crippen molar-refractivity contribution in [2.45, 2.75) is 6.92 Å². The fraction of sp³-hybridized carbons (Fsp3) is 0.143. The van der Waals surface area contributed by atoms with Gasteiger partial charge in [-0.05, 0) is 46.6 Å². The van der Waals surface area contributed by atoms with Gasteiger partial charge in [0.2, 0.25) is 0 Å². The summed E-state index contributed by atoms with van der Waals surface area (Å²) in [5.41, 5.74) is 2.38. The maximum Gasteiger partial charge on any atom is 0.276 e. The highest BCUT2D eigenvalue weighted by atomic mass is 79.9. The second-order valence-electron chi connectivity index (χ2n) is 4.00. The predicted molar refractivity (Wildman–Crippen MR) is 75.8 cm³/mol. The van der Waals surface area contributed by atoms with Crippen LogP contribution < -0.4 is 4.90 Å². The van der Waals surface area contributed by atoms with Crippen molar-refractivity contribution in [3.8, 4) is 0 Å². The van der Waals surface area contributed by atoms with Gasteiger partial charge in [0.25, 0.3) is 5.91 Å². The Morgan fingerprint density at radius 2 is 1.89 bits per heavy atom. The zero-order chi connectivity index (χ0) is 13.1. The van der Waals surface area contributed by atoms with Gasteiger partial charge in [-0.2, -0.15) is 0 Å². The average molecular weight is 305 g/mol. The Bertz CT molecular complexity index is 584. The standard InChI is InChI=1S/C14H13BrN2O/c1-10-6-3-4-8-12(10)17(2)14(18)11-7-5-9-13(15)16-11/h3-9H,1-2H3. The van der Waals surface area contributed by atoms with Crippen molar-refractivity contribution in [1.29, 1.82) is 0 Å². The zero-order valence-corrected chi connectivity index (χ0v) is 11.8. The minimum atomic E-state index is -0.120. The van der Waals surface area contributed by atoms with Gasteiger partial charge in [0.1, 0.15) is 10.3 Å². The van der Waals surface area contributed by atoms with Gasteiger partial charge in [0.05, 0.1) is 0 Å². The summed E-state index contributed by atoms with van der Waals surface area (Å²) in [6.07, 6.45) is 0. The van der Waals surface area contributed by atoms with Crippen LogP contribution in [0.2, 0.25) is 0 Å². The van der Waals surface area contributed by atoms with Crippen LogP contribution in [0.15, 0.2) is 47.1 Å². The van der Waals surface area contributed by atoms with E-state index in [4.69, 9.17) is 0 Å². The Kier molecular flexibility index (Phi) is 3.77. The van der Waals surface area contributed by atoms with E-state index in [1.807, 2.05) is 31.2 Å². The molecular weight excluding hydrogens is 292 g/mol. The Hall–Kier alpha value is -1.68. The number of hydrogen-bond donors (Lipinski definition) is 0. The SMILES string of the molecule is Cc1ccccc1N(C)C(=O)c1cccc(Br)n1. The molecule has 18 heavy (non-hydrogen) atoms. The Morgan fingerprint density at radius 1 is 1.17 bits per heavy atom. The number of nitrogens with zero attached hydrogens (tertiary/aromatic N) is 2. The molecule has 0 saturated heterocycles. The molecule has 0 atom stereocenters. The average Bonchev–Trinajstić information content (AvgIpc) is 2.37. The topological polar surface area (TPSA) is 33.2 Å². The summed E-state index contributed by atoms with van der Waals surface area (Å²) >= 11 is 3.27. The maximum atomic E-state index is 12.3. The summed E-state index contributed by atoms with van der Waals surface area (Å²) in [4.78, 5) is 18.1. The quantitative estimate of drug-likeness (QED) is 0.796. The number of carbonyl (C=O) groups excluding carboxylic acids is 1. The summed E-state index contributed by atoms with van der Waals surface area (Å²) in [6, 6.07) is 13.1. The van der Waals surface area contributed by atoms with Gasteiger partial charge < -0.3 is 4.90 Å². The lowest BCUT2D eigenvalue weighted by molar-refractivity contribution is 0.0988. The summed E-state index contributed by atoms with van der Waals surface area (Å²) in [6.45, 7) is 1.98. The van der Waals surface area contributed by atoms with E-state index in [0.29, 0.717) is 10.3 Å². The van der Waals surface area contributed by atoms with Gasteiger partial charge in [0, 0.05) is 12.7 Å². The Morgan fingerprint density at radius 3 is 2.56 bits per heavy atom. The van der Waals surface area contributed by atoms with Crippen molar-refractivity contribution in [1.82, 2.24) is 4.98 Å². The summed E-state index contributed by atoms with van der Waals surface area (Å²) < 4.78 is 0.659. The lowest BCUT2D eigenvalue weighted by atomic mass is 10.2. The number of aromatic nitrogens is 1. The number of amides is 1. The second kappa shape index (κ2) is 5.31. The summed E-state index contributed by atoms with van der Waals surface area (Å²) in [7, 11) is 1.76. The molecule has 1 amide bonds. The van der Waals surface area contributed by atoms with Crippen LogP contribution in [0.3, 0.4) is 0 Å². The predicted octanol–water partition coefficient (Wildman–Crippen LogP) is 3.43. The summed E-state index contributed by atoms with van der Waals surface area (Å²) in [5, 5.41) is 0. The molecule has 0 aliphatic heterocycles. The highest BCUT2D eigenvalue weighted by Crippen LogP contribution is 2.19. The summed E-state index contributed by atoms with van der Waals surface area (Å²) in [5.74, 6) is -0.120. The molecule has 92 valence electrons. The van der Waals surface area contributed by atoms with Crippen LogP contribution in [0.1, 0.15) is 16.1 Å². The highest BCUT2D eigenvalue weighted by molar-refractivity contribution is 9.10. The molecule has 0 aliphatic carbocycles. The number of benzene rings is 1. The van der Waals surface area contributed by atoms with Gasteiger partial charge in [-0.3, -0.25) is 4.79 Å². The van der Waals surface area contributed by atoms with Gasteiger partial charge >= 0.3 is 0 Å². The molecule has 0 N–H and O–H groups in total. The first-order valence-electron chi connectivity index (χ1n) is 5.56. The normalized spacial score (nSPS) is 10.2. The number of rotatable bonds is 2. The van der Waals surface area contributed by atoms with Crippen LogP contribution in [-0.4, -0.2) is 17.9 Å². The molecule has 2 rings (SSSR count). The number of halogens is 1. The molecule has 1 aromatic heterocycles.